The van der Waals surface area contributed by atoms with Crippen molar-refractivity contribution in [3.63, 3.8) is 0 Å². The first-order valence-electron chi connectivity index (χ1n) is 12.1. The summed E-state index contributed by atoms with van der Waals surface area (Å²) in [4.78, 5) is 10.1. The molecule has 0 amide bonds. The first-order chi connectivity index (χ1) is 17.8. The minimum atomic E-state index is 0.895. The van der Waals surface area contributed by atoms with Gasteiger partial charge in [0.25, 0.3) is 0 Å². The molecule has 0 N–H and O–H groups in total. The fourth-order valence-corrected chi connectivity index (χ4v) is 5.97. The van der Waals surface area contributed by atoms with Crippen LogP contribution in [0.2, 0.25) is 0 Å². The van der Waals surface area contributed by atoms with Crippen LogP contribution in [0, 0.1) is 0 Å². The number of para-hydroxylation sites is 3. The van der Waals surface area contributed by atoms with Crippen molar-refractivity contribution in [2.24, 2.45) is 0 Å². The molecule has 0 aliphatic heterocycles. The van der Waals surface area contributed by atoms with Gasteiger partial charge in [-0.3, -0.25) is 4.40 Å². The Morgan fingerprint density at radius 3 is 2.22 bits per heavy atom. The highest BCUT2D eigenvalue weighted by atomic mass is 16.3. The summed E-state index contributed by atoms with van der Waals surface area (Å²) in [5.74, 6) is 0. The first-order valence-corrected chi connectivity index (χ1v) is 12.1. The molecule has 0 atom stereocenters. The summed E-state index contributed by atoms with van der Waals surface area (Å²) >= 11 is 0. The molecule has 0 spiro atoms. The number of nitrogens with zero attached hydrogens (tertiary/aromatic N) is 3. The second kappa shape index (κ2) is 6.37. The highest BCUT2D eigenvalue weighted by molar-refractivity contribution is 6.31. The molecule has 5 aromatic carbocycles. The van der Waals surface area contributed by atoms with Crippen molar-refractivity contribution in [3.8, 4) is 11.1 Å². The molecule has 0 radical (unpaired) electrons. The van der Waals surface area contributed by atoms with E-state index < -0.39 is 0 Å². The second-order valence-electron chi connectivity index (χ2n) is 9.43. The van der Waals surface area contributed by atoms with E-state index in [1.807, 2.05) is 30.3 Å². The van der Waals surface area contributed by atoms with Crippen LogP contribution in [0.1, 0.15) is 0 Å². The van der Waals surface area contributed by atoms with Gasteiger partial charge in [0, 0.05) is 26.9 Å². The van der Waals surface area contributed by atoms with Crippen LogP contribution in [-0.4, -0.2) is 14.4 Å². The third kappa shape index (κ3) is 2.19. The highest BCUT2D eigenvalue weighted by Gasteiger charge is 2.22. The lowest BCUT2D eigenvalue weighted by atomic mass is 10.0. The highest BCUT2D eigenvalue weighted by Crippen LogP contribution is 2.44. The van der Waals surface area contributed by atoms with Crippen molar-refractivity contribution in [1.29, 1.82) is 0 Å². The molecule has 4 heterocycles. The number of furan rings is 1. The number of fused-ring (bicyclic) bond motifs is 11. The summed E-state index contributed by atoms with van der Waals surface area (Å²) in [5, 5.41) is 5.81. The van der Waals surface area contributed by atoms with Gasteiger partial charge in [0.05, 0.1) is 22.1 Å². The molecule has 0 aliphatic carbocycles. The Hall–Kier alpha value is -4.96. The summed E-state index contributed by atoms with van der Waals surface area (Å²) < 4.78 is 8.63. The van der Waals surface area contributed by atoms with Gasteiger partial charge in [-0.2, -0.15) is 0 Å². The molecule has 166 valence electrons. The van der Waals surface area contributed by atoms with Crippen LogP contribution in [-0.2, 0) is 0 Å². The van der Waals surface area contributed by atoms with E-state index in [0.29, 0.717) is 0 Å². The lowest BCUT2D eigenvalue weighted by Gasteiger charge is -2.02. The summed E-state index contributed by atoms with van der Waals surface area (Å²) in [6.07, 6.45) is 0. The maximum atomic E-state index is 6.35. The zero-order chi connectivity index (χ0) is 23.4. The number of rotatable bonds is 1. The van der Waals surface area contributed by atoms with E-state index in [9.17, 15) is 0 Å². The summed E-state index contributed by atoms with van der Waals surface area (Å²) in [6.45, 7) is 0. The number of hydrogen-bond acceptors (Lipinski definition) is 3. The third-order valence-corrected chi connectivity index (χ3v) is 7.51. The molecule has 4 heteroatoms. The van der Waals surface area contributed by atoms with Gasteiger partial charge in [-0.1, -0.05) is 66.7 Å². The Bertz CT molecular complexity index is 2310. The van der Waals surface area contributed by atoms with E-state index in [2.05, 4.69) is 77.2 Å². The van der Waals surface area contributed by atoms with Crippen molar-refractivity contribution in [2.45, 2.75) is 0 Å². The van der Waals surface area contributed by atoms with Crippen LogP contribution < -0.4 is 0 Å². The fourth-order valence-electron chi connectivity index (χ4n) is 5.97. The van der Waals surface area contributed by atoms with Crippen molar-refractivity contribution in [2.75, 3.05) is 0 Å². The van der Waals surface area contributed by atoms with Gasteiger partial charge in [-0.15, -0.1) is 0 Å². The van der Waals surface area contributed by atoms with Crippen LogP contribution in [0.4, 0.5) is 0 Å². The molecular weight excluding hydrogens is 442 g/mol. The van der Waals surface area contributed by atoms with Crippen molar-refractivity contribution < 1.29 is 4.42 Å². The Morgan fingerprint density at radius 1 is 0.556 bits per heavy atom. The molecule has 0 saturated carbocycles. The van der Waals surface area contributed by atoms with E-state index in [0.717, 1.165) is 55.0 Å². The topological polar surface area (TPSA) is 43.3 Å². The standard InChI is InChI=1S/C32H17N3O/c1-2-7-18(8-3-1)19-13-15-26-22(17-19)29-27(36-26)16-14-25-28(29)20-9-6-10-21-30-32(35(25)31(20)21)34-24-12-5-4-11-23(24)33-30/h1-17H. The van der Waals surface area contributed by atoms with Gasteiger partial charge in [0.1, 0.15) is 16.7 Å². The van der Waals surface area contributed by atoms with Gasteiger partial charge in [-0.25, -0.2) is 9.97 Å². The van der Waals surface area contributed by atoms with Crippen LogP contribution in [0.3, 0.4) is 0 Å². The van der Waals surface area contributed by atoms with Crippen molar-refractivity contribution in [1.82, 2.24) is 14.4 Å². The minimum absolute atomic E-state index is 0.895. The summed E-state index contributed by atoms with van der Waals surface area (Å²) in [7, 11) is 0. The SMILES string of the molecule is c1ccc(-c2ccc3oc4ccc5c(c6cccc7c8nc9ccccc9nc8n5c76)c4c3c2)cc1. The molecular formula is C32H17N3O. The number of hydrogen-bond donors (Lipinski definition) is 0. The molecule has 0 fully saturated rings. The minimum Gasteiger partial charge on any atom is -0.456 e. The van der Waals surface area contributed by atoms with Crippen LogP contribution in [0.5, 0.6) is 0 Å². The normalized spacial score (nSPS) is 12.4. The van der Waals surface area contributed by atoms with Crippen molar-refractivity contribution >= 4 is 71.3 Å². The third-order valence-electron chi connectivity index (χ3n) is 7.51. The van der Waals surface area contributed by atoms with E-state index in [1.54, 1.807) is 0 Å². The maximum Gasteiger partial charge on any atom is 0.165 e. The molecule has 4 aromatic heterocycles. The van der Waals surface area contributed by atoms with Crippen LogP contribution >= 0.6 is 0 Å². The molecule has 0 aliphatic rings. The Kier molecular flexibility index (Phi) is 3.25. The lowest BCUT2D eigenvalue weighted by molar-refractivity contribution is 0.669. The number of aromatic nitrogens is 3. The Balaban J connectivity index is 1.49. The van der Waals surface area contributed by atoms with Gasteiger partial charge in [-0.05, 0) is 47.5 Å². The van der Waals surface area contributed by atoms with Crippen LogP contribution in [0.15, 0.2) is 108 Å². The number of benzene rings is 5. The van der Waals surface area contributed by atoms with E-state index in [1.165, 1.54) is 27.4 Å². The molecule has 9 rings (SSSR count). The fraction of sp³-hybridized carbons (Fsp3) is 0. The largest absolute Gasteiger partial charge is 0.456 e. The smallest absolute Gasteiger partial charge is 0.165 e. The molecule has 0 bridgehead atoms. The van der Waals surface area contributed by atoms with E-state index in [4.69, 9.17) is 14.4 Å². The molecule has 9 aromatic rings. The predicted octanol–water partition coefficient (Wildman–Crippen LogP) is 8.35. The average Bonchev–Trinajstić information content (AvgIpc) is 3.58. The zero-order valence-corrected chi connectivity index (χ0v) is 19.1. The second-order valence-corrected chi connectivity index (χ2v) is 9.43. The van der Waals surface area contributed by atoms with E-state index >= 15 is 0 Å². The Labute approximate surface area is 204 Å². The van der Waals surface area contributed by atoms with Gasteiger partial charge in [0.2, 0.25) is 0 Å². The molecule has 0 unspecified atom stereocenters. The van der Waals surface area contributed by atoms with Gasteiger partial charge in [0.15, 0.2) is 5.65 Å². The average molecular weight is 460 g/mol. The Morgan fingerprint density at radius 2 is 1.33 bits per heavy atom. The molecule has 36 heavy (non-hydrogen) atoms. The first kappa shape index (κ1) is 18.4. The van der Waals surface area contributed by atoms with Gasteiger partial charge >= 0.3 is 0 Å². The lowest BCUT2D eigenvalue weighted by Crippen LogP contribution is -1.88. The monoisotopic (exact) mass is 459 g/mol. The predicted molar refractivity (Wildman–Crippen MR) is 147 cm³/mol. The summed E-state index contributed by atoms with van der Waals surface area (Å²) in [5.41, 5.74) is 10.1. The van der Waals surface area contributed by atoms with Gasteiger partial charge < -0.3 is 4.42 Å². The van der Waals surface area contributed by atoms with E-state index in [-0.39, 0.29) is 0 Å². The maximum absolute atomic E-state index is 6.35. The van der Waals surface area contributed by atoms with Crippen molar-refractivity contribution in [3.05, 3.63) is 103 Å². The molecule has 4 nitrogen and oxygen atoms in total. The quantitative estimate of drug-likeness (QED) is 0.248. The summed E-state index contributed by atoms with van der Waals surface area (Å²) in [6, 6.07) is 35.8. The molecule has 0 saturated heterocycles. The zero-order valence-electron chi connectivity index (χ0n) is 19.1. The van der Waals surface area contributed by atoms with Crippen LogP contribution in [0.25, 0.3) is 82.5 Å².